The Kier molecular flexibility index (Phi) is 4.94. The van der Waals surface area contributed by atoms with Crippen LogP contribution >= 0.6 is 12.4 Å². The van der Waals surface area contributed by atoms with Crippen molar-refractivity contribution in [2.24, 2.45) is 10.8 Å². The summed E-state index contributed by atoms with van der Waals surface area (Å²) in [6.45, 7) is 9.25. The molecule has 0 aromatic carbocycles. The van der Waals surface area contributed by atoms with Gasteiger partial charge in [0.1, 0.15) is 0 Å². The molecule has 3 nitrogen and oxygen atoms in total. The quantitative estimate of drug-likeness (QED) is 0.866. The van der Waals surface area contributed by atoms with Crippen LogP contribution in [0.15, 0.2) is 0 Å². The molecule has 3 fully saturated rings. The van der Waals surface area contributed by atoms with Gasteiger partial charge in [-0.1, -0.05) is 20.8 Å². The Bertz CT molecular complexity index is 392. The zero-order chi connectivity index (χ0) is 14.4. The van der Waals surface area contributed by atoms with Gasteiger partial charge in [0.2, 0.25) is 5.91 Å². The van der Waals surface area contributed by atoms with Gasteiger partial charge in [-0.15, -0.1) is 12.4 Å². The van der Waals surface area contributed by atoms with Crippen molar-refractivity contribution in [3.05, 3.63) is 0 Å². The van der Waals surface area contributed by atoms with E-state index in [1.165, 1.54) is 32.1 Å². The molecule has 1 amide bonds. The summed E-state index contributed by atoms with van der Waals surface area (Å²) in [5.41, 5.74) is 0.771. The average Bonchev–Trinajstić information content (AvgIpc) is 2.91. The third kappa shape index (κ3) is 3.73. The van der Waals surface area contributed by atoms with Crippen molar-refractivity contribution < 1.29 is 4.79 Å². The summed E-state index contributed by atoms with van der Waals surface area (Å²) < 4.78 is 0. The Labute approximate surface area is 135 Å². The lowest BCUT2D eigenvalue weighted by Crippen LogP contribution is -2.38. The first-order valence-corrected chi connectivity index (χ1v) is 8.40. The number of hydrogen-bond acceptors (Lipinski definition) is 2. The molecule has 3 atom stereocenters. The highest BCUT2D eigenvalue weighted by Gasteiger charge is 2.50. The van der Waals surface area contributed by atoms with Crippen molar-refractivity contribution in [3.8, 4) is 0 Å². The zero-order valence-corrected chi connectivity index (χ0v) is 14.6. The molecule has 2 bridgehead atoms. The van der Waals surface area contributed by atoms with Crippen molar-refractivity contribution in [3.63, 3.8) is 0 Å². The molecule has 0 aromatic rings. The molecule has 2 heterocycles. The molecule has 1 saturated carbocycles. The van der Waals surface area contributed by atoms with E-state index in [1.54, 1.807) is 0 Å². The van der Waals surface area contributed by atoms with Crippen LogP contribution in [-0.2, 0) is 4.79 Å². The monoisotopic (exact) mass is 314 g/mol. The summed E-state index contributed by atoms with van der Waals surface area (Å²) >= 11 is 0. The number of halogens is 1. The van der Waals surface area contributed by atoms with Crippen LogP contribution in [0.4, 0.5) is 0 Å². The van der Waals surface area contributed by atoms with Gasteiger partial charge in [-0.2, -0.15) is 0 Å². The summed E-state index contributed by atoms with van der Waals surface area (Å²) in [7, 11) is 0. The number of rotatable bonds is 3. The van der Waals surface area contributed by atoms with Crippen molar-refractivity contribution >= 4 is 18.3 Å². The minimum absolute atomic E-state index is 0. The van der Waals surface area contributed by atoms with Gasteiger partial charge in [-0.25, -0.2) is 0 Å². The Morgan fingerprint density at radius 3 is 2.71 bits per heavy atom. The predicted molar refractivity (Wildman–Crippen MR) is 88.7 cm³/mol. The fourth-order valence-corrected chi connectivity index (χ4v) is 5.20. The Balaban J connectivity index is 0.00000161. The molecule has 3 rings (SSSR count). The van der Waals surface area contributed by atoms with Crippen LogP contribution in [0, 0.1) is 10.8 Å². The average molecular weight is 315 g/mol. The largest absolute Gasteiger partial charge is 0.339 e. The first-order chi connectivity index (χ1) is 9.37. The molecule has 21 heavy (non-hydrogen) atoms. The number of amides is 1. The van der Waals surface area contributed by atoms with Gasteiger partial charge in [0.25, 0.3) is 0 Å². The third-order valence-corrected chi connectivity index (χ3v) is 5.60. The Morgan fingerprint density at radius 1 is 1.29 bits per heavy atom. The molecule has 1 aliphatic carbocycles. The summed E-state index contributed by atoms with van der Waals surface area (Å²) in [5.74, 6) is 0.408. The number of fused-ring (bicyclic) bond motifs is 2. The van der Waals surface area contributed by atoms with E-state index in [2.05, 4.69) is 31.0 Å². The molecule has 122 valence electrons. The van der Waals surface area contributed by atoms with Crippen LogP contribution < -0.4 is 5.32 Å². The fourth-order valence-electron chi connectivity index (χ4n) is 5.20. The normalized spacial score (nSPS) is 37.4. The summed E-state index contributed by atoms with van der Waals surface area (Å²) in [4.78, 5) is 14.8. The molecule has 0 aromatic heterocycles. The lowest BCUT2D eigenvalue weighted by atomic mass is 9.65. The van der Waals surface area contributed by atoms with Gasteiger partial charge in [0.05, 0.1) is 0 Å². The van der Waals surface area contributed by atoms with Crippen molar-refractivity contribution in [1.29, 1.82) is 0 Å². The van der Waals surface area contributed by atoms with Gasteiger partial charge in [0, 0.05) is 25.0 Å². The van der Waals surface area contributed by atoms with Crippen LogP contribution in [0.2, 0.25) is 0 Å². The topological polar surface area (TPSA) is 32.3 Å². The van der Waals surface area contributed by atoms with Crippen LogP contribution in [0.25, 0.3) is 0 Å². The van der Waals surface area contributed by atoms with E-state index in [9.17, 15) is 4.79 Å². The number of carbonyl (C=O) groups excluding carboxylic acids is 1. The maximum Gasteiger partial charge on any atom is 0.222 e. The van der Waals surface area contributed by atoms with Gasteiger partial charge in [0.15, 0.2) is 0 Å². The second-order valence-corrected chi connectivity index (χ2v) is 8.57. The molecule has 3 aliphatic rings. The number of nitrogens with one attached hydrogen (secondary N) is 1. The van der Waals surface area contributed by atoms with E-state index < -0.39 is 0 Å². The maximum absolute atomic E-state index is 12.6. The molecule has 0 radical (unpaired) electrons. The van der Waals surface area contributed by atoms with E-state index >= 15 is 0 Å². The van der Waals surface area contributed by atoms with Gasteiger partial charge in [-0.3, -0.25) is 4.79 Å². The Morgan fingerprint density at radius 2 is 2.05 bits per heavy atom. The van der Waals surface area contributed by atoms with Crippen LogP contribution in [0.5, 0.6) is 0 Å². The lowest BCUT2D eigenvalue weighted by Gasteiger charge is -2.39. The van der Waals surface area contributed by atoms with E-state index in [1.807, 2.05) is 0 Å². The minimum atomic E-state index is 0. The lowest BCUT2D eigenvalue weighted by molar-refractivity contribution is -0.132. The first kappa shape index (κ1) is 17.1. The second-order valence-electron chi connectivity index (χ2n) is 8.57. The van der Waals surface area contributed by atoms with Crippen molar-refractivity contribution in [1.82, 2.24) is 10.2 Å². The standard InChI is InChI=1S/C17H30N2O.ClH/c1-16(2)9-14-10-17(3,11-16)12-19(14)15(20)7-6-13-5-4-8-18-13;/h13-14,18H,4-12H2,1-3H3;1H. The van der Waals surface area contributed by atoms with Crippen molar-refractivity contribution in [2.45, 2.75) is 77.8 Å². The number of hydrogen-bond donors (Lipinski definition) is 1. The first-order valence-electron chi connectivity index (χ1n) is 8.40. The van der Waals surface area contributed by atoms with Crippen LogP contribution in [0.1, 0.15) is 65.7 Å². The summed E-state index contributed by atoms with van der Waals surface area (Å²) in [6, 6.07) is 1.10. The molecule has 4 heteroatoms. The van der Waals surface area contributed by atoms with Gasteiger partial charge < -0.3 is 10.2 Å². The van der Waals surface area contributed by atoms with Crippen LogP contribution in [0.3, 0.4) is 0 Å². The molecular formula is C17H31ClN2O. The summed E-state index contributed by atoms with van der Waals surface area (Å²) in [5, 5.41) is 3.50. The van der Waals surface area contributed by atoms with E-state index in [4.69, 9.17) is 0 Å². The third-order valence-electron chi connectivity index (χ3n) is 5.60. The van der Waals surface area contributed by atoms with Gasteiger partial charge in [-0.05, 0) is 55.9 Å². The Hall–Kier alpha value is -0.280. The second kappa shape index (κ2) is 6.08. The SMILES string of the molecule is CC1(C)CC2CC(C)(CN2C(=O)CCC2CCCN2)C1.Cl. The smallest absolute Gasteiger partial charge is 0.222 e. The number of likely N-dealkylation sites (tertiary alicyclic amines) is 1. The molecule has 3 unspecified atom stereocenters. The number of carbonyl (C=O) groups is 1. The zero-order valence-electron chi connectivity index (χ0n) is 13.8. The van der Waals surface area contributed by atoms with E-state index in [0.717, 1.165) is 25.9 Å². The van der Waals surface area contributed by atoms with E-state index in [0.29, 0.717) is 28.8 Å². The molecule has 1 N–H and O–H groups in total. The minimum Gasteiger partial charge on any atom is -0.339 e. The molecule has 2 saturated heterocycles. The molecule has 0 spiro atoms. The van der Waals surface area contributed by atoms with Crippen LogP contribution in [-0.4, -0.2) is 36.0 Å². The fraction of sp³-hybridized carbons (Fsp3) is 0.941. The van der Waals surface area contributed by atoms with Crippen molar-refractivity contribution in [2.75, 3.05) is 13.1 Å². The molecule has 2 aliphatic heterocycles. The van der Waals surface area contributed by atoms with E-state index in [-0.39, 0.29) is 12.4 Å². The predicted octanol–water partition coefficient (Wildman–Crippen LogP) is 3.37. The van der Waals surface area contributed by atoms with Gasteiger partial charge >= 0.3 is 0 Å². The highest BCUT2D eigenvalue weighted by Crippen LogP contribution is 2.52. The summed E-state index contributed by atoms with van der Waals surface area (Å²) in [6.07, 6.45) is 7.98. The maximum atomic E-state index is 12.6. The number of nitrogens with zero attached hydrogens (tertiary/aromatic N) is 1. The molecular weight excluding hydrogens is 284 g/mol. The highest BCUT2D eigenvalue weighted by molar-refractivity contribution is 5.85. The highest BCUT2D eigenvalue weighted by atomic mass is 35.5.